The van der Waals surface area contributed by atoms with Crippen LogP contribution >= 0.6 is 22.9 Å². The summed E-state index contributed by atoms with van der Waals surface area (Å²) in [5.41, 5.74) is 0.233. The van der Waals surface area contributed by atoms with E-state index >= 15 is 0 Å². The van der Waals surface area contributed by atoms with Gasteiger partial charge >= 0.3 is 6.18 Å². The second-order valence-electron chi connectivity index (χ2n) is 6.94. The molecule has 3 aliphatic heterocycles. The number of morpholine rings is 1. The summed E-state index contributed by atoms with van der Waals surface area (Å²) in [6, 6.07) is -0.699. The van der Waals surface area contributed by atoms with Gasteiger partial charge in [0.1, 0.15) is 11.9 Å². The zero-order valence-corrected chi connectivity index (χ0v) is 16.0. The van der Waals surface area contributed by atoms with Crippen molar-refractivity contribution in [3.05, 3.63) is 31.5 Å². The molecule has 2 aromatic rings. The maximum Gasteiger partial charge on any atom is 0.408 e. The molecule has 0 spiro atoms. The summed E-state index contributed by atoms with van der Waals surface area (Å²) in [7, 11) is 0. The molecule has 0 amide bonds. The SMILES string of the molecule is O=c1cc2nc3n1CCC(C(F)(F)F)N3Cc1sc(Cl)nc1C1COCCN21. The highest BCUT2D eigenvalue weighted by molar-refractivity contribution is 7.15. The van der Waals surface area contributed by atoms with Crippen LogP contribution in [0.4, 0.5) is 24.9 Å². The van der Waals surface area contributed by atoms with Crippen molar-refractivity contribution < 1.29 is 17.9 Å². The molecule has 150 valence electrons. The average molecular weight is 434 g/mol. The van der Waals surface area contributed by atoms with Crippen LogP contribution in [0.3, 0.4) is 0 Å². The normalized spacial score (nSPS) is 24.1. The third kappa shape index (κ3) is 2.79. The number of rotatable bonds is 0. The number of nitrogens with zero attached hydrogens (tertiary/aromatic N) is 5. The maximum absolute atomic E-state index is 13.8. The number of hydrogen-bond acceptors (Lipinski definition) is 7. The van der Waals surface area contributed by atoms with E-state index in [1.54, 1.807) is 0 Å². The average Bonchev–Trinajstić information content (AvgIpc) is 3.02. The van der Waals surface area contributed by atoms with Gasteiger partial charge in [0.05, 0.1) is 36.4 Å². The first-order chi connectivity index (χ1) is 13.3. The quantitative estimate of drug-likeness (QED) is 0.636. The minimum absolute atomic E-state index is 0.0229. The Labute approximate surface area is 166 Å². The van der Waals surface area contributed by atoms with E-state index in [2.05, 4.69) is 9.97 Å². The lowest BCUT2D eigenvalue weighted by atomic mass is 10.1. The van der Waals surface area contributed by atoms with Crippen LogP contribution in [-0.4, -0.2) is 46.5 Å². The Balaban J connectivity index is 1.76. The number of anilines is 2. The van der Waals surface area contributed by atoms with Crippen LogP contribution in [0.1, 0.15) is 23.0 Å². The van der Waals surface area contributed by atoms with Crippen molar-refractivity contribution in [3.63, 3.8) is 0 Å². The molecule has 2 unspecified atom stereocenters. The molecule has 0 saturated carbocycles. The van der Waals surface area contributed by atoms with Crippen molar-refractivity contribution in [2.24, 2.45) is 0 Å². The molecule has 7 nitrogen and oxygen atoms in total. The van der Waals surface area contributed by atoms with Gasteiger partial charge in [-0.05, 0) is 6.42 Å². The van der Waals surface area contributed by atoms with Gasteiger partial charge in [-0.2, -0.15) is 18.2 Å². The molecule has 3 aliphatic rings. The highest BCUT2D eigenvalue weighted by atomic mass is 35.5. The first-order valence-corrected chi connectivity index (χ1v) is 9.97. The van der Waals surface area contributed by atoms with Crippen LogP contribution in [0.25, 0.3) is 0 Å². The van der Waals surface area contributed by atoms with E-state index in [9.17, 15) is 18.0 Å². The van der Waals surface area contributed by atoms with Gasteiger partial charge in [-0.25, -0.2) is 4.98 Å². The van der Waals surface area contributed by atoms with Gasteiger partial charge in [0.25, 0.3) is 5.56 Å². The summed E-state index contributed by atoms with van der Waals surface area (Å²) in [5.74, 6) is 0.382. The Hall–Kier alpha value is -1.85. The number of halogens is 4. The third-order valence-electron chi connectivity index (χ3n) is 5.37. The Morgan fingerprint density at radius 3 is 2.86 bits per heavy atom. The predicted molar refractivity (Wildman–Crippen MR) is 97.2 cm³/mol. The fraction of sp³-hybridized carbons (Fsp3) is 0.562. The zero-order chi connectivity index (χ0) is 19.6. The Kier molecular flexibility index (Phi) is 4.11. The maximum atomic E-state index is 13.8. The molecular weight excluding hydrogens is 419 g/mol. The van der Waals surface area contributed by atoms with E-state index in [1.807, 2.05) is 4.90 Å². The largest absolute Gasteiger partial charge is 0.408 e. The molecule has 1 saturated heterocycles. The number of alkyl halides is 3. The molecular formula is C16H15ClF3N5O2S. The Bertz CT molecular complexity index is 994. The highest BCUT2D eigenvalue weighted by Crippen LogP contribution is 2.41. The van der Waals surface area contributed by atoms with E-state index in [1.165, 1.54) is 15.5 Å². The van der Waals surface area contributed by atoms with E-state index in [0.717, 1.165) is 11.3 Å². The van der Waals surface area contributed by atoms with Gasteiger partial charge in [-0.3, -0.25) is 9.36 Å². The van der Waals surface area contributed by atoms with Crippen LogP contribution in [-0.2, 0) is 17.8 Å². The summed E-state index contributed by atoms with van der Waals surface area (Å²) in [5, 5.41) is 0. The van der Waals surface area contributed by atoms with Gasteiger partial charge in [-0.1, -0.05) is 11.6 Å². The summed E-state index contributed by atoms with van der Waals surface area (Å²) in [6.07, 6.45) is -4.66. The van der Waals surface area contributed by atoms with E-state index in [-0.39, 0.29) is 41.5 Å². The van der Waals surface area contributed by atoms with Crippen LogP contribution in [0.15, 0.2) is 10.9 Å². The third-order valence-corrected chi connectivity index (χ3v) is 6.53. The molecule has 12 heteroatoms. The number of aromatic nitrogens is 3. The molecule has 5 rings (SSSR count). The van der Waals surface area contributed by atoms with Gasteiger partial charge in [0.2, 0.25) is 5.95 Å². The van der Waals surface area contributed by atoms with Crippen LogP contribution < -0.4 is 15.4 Å². The summed E-state index contributed by atoms with van der Waals surface area (Å²) >= 11 is 7.29. The Morgan fingerprint density at radius 2 is 2.07 bits per heavy atom. The molecule has 2 atom stereocenters. The first kappa shape index (κ1) is 18.2. The molecule has 2 bridgehead atoms. The lowest BCUT2D eigenvalue weighted by molar-refractivity contribution is -0.153. The van der Waals surface area contributed by atoms with Crippen molar-refractivity contribution in [2.45, 2.75) is 37.8 Å². The molecule has 28 heavy (non-hydrogen) atoms. The number of hydrogen-bond donors (Lipinski definition) is 0. The molecule has 2 aromatic heterocycles. The smallest absolute Gasteiger partial charge is 0.377 e. The molecule has 0 radical (unpaired) electrons. The Morgan fingerprint density at radius 1 is 1.25 bits per heavy atom. The summed E-state index contributed by atoms with van der Waals surface area (Å²) < 4.78 is 48.5. The van der Waals surface area contributed by atoms with Crippen molar-refractivity contribution in [1.29, 1.82) is 0 Å². The van der Waals surface area contributed by atoms with E-state index in [0.29, 0.717) is 36.1 Å². The van der Waals surface area contributed by atoms with Crippen LogP contribution in [0.2, 0.25) is 4.47 Å². The van der Waals surface area contributed by atoms with E-state index < -0.39 is 12.2 Å². The number of fused-ring (bicyclic) bond motifs is 5. The first-order valence-electron chi connectivity index (χ1n) is 8.77. The topological polar surface area (TPSA) is 63.5 Å². The number of thiazole rings is 1. The monoisotopic (exact) mass is 433 g/mol. The fourth-order valence-corrected chi connectivity index (χ4v) is 5.30. The lowest BCUT2D eigenvalue weighted by Crippen LogP contribution is -2.52. The van der Waals surface area contributed by atoms with Crippen molar-refractivity contribution in [1.82, 2.24) is 14.5 Å². The minimum Gasteiger partial charge on any atom is -0.377 e. The van der Waals surface area contributed by atoms with Gasteiger partial charge < -0.3 is 14.5 Å². The molecule has 0 aliphatic carbocycles. The minimum atomic E-state index is -4.45. The predicted octanol–water partition coefficient (Wildman–Crippen LogP) is 2.59. The molecule has 1 fully saturated rings. The molecule has 0 N–H and O–H groups in total. The van der Waals surface area contributed by atoms with Gasteiger partial charge in [-0.15, -0.1) is 11.3 Å². The van der Waals surface area contributed by atoms with Crippen LogP contribution in [0, 0.1) is 0 Å². The standard InChI is InChI=1S/C16H15ClF3N5O2S/c17-14-22-13-8-7-27-4-3-23(8)11-5-12(26)24-2-1-10(16(18,19)20)25(15(24)21-11)6-9(13)28-14/h5,8,10H,1-4,6-7H2. The van der Waals surface area contributed by atoms with Crippen molar-refractivity contribution >= 4 is 34.7 Å². The molecule has 0 aromatic carbocycles. The van der Waals surface area contributed by atoms with Crippen molar-refractivity contribution in [3.8, 4) is 0 Å². The lowest BCUT2D eigenvalue weighted by Gasteiger charge is -2.39. The zero-order valence-electron chi connectivity index (χ0n) is 14.4. The van der Waals surface area contributed by atoms with E-state index in [4.69, 9.17) is 16.3 Å². The fourth-order valence-electron chi connectivity index (χ4n) is 4.09. The molecule has 5 heterocycles. The van der Waals surface area contributed by atoms with Crippen molar-refractivity contribution in [2.75, 3.05) is 29.6 Å². The number of ether oxygens (including phenoxy) is 1. The van der Waals surface area contributed by atoms with Gasteiger partial charge in [0.15, 0.2) is 4.47 Å². The van der Waals surface area contributed by atoms with Gasteiger partial charge in [0, 0.05) is 19.2 Å². The van der Waals surface area contributed by atoms with Crippen LogP contribution in [0.5, 0.6) is 0 Å². The summed E-state index contributed by atoms with van der Waals surface area (Å²) in [6.45, 7) is 1.10. The second-order valence-corrected chi connectivity index (χ2v) is 8.60. The summed E-state index contributed by atoms with van der Waals surface area (Å²) in [4.78, 5) is 25.2. The highest BCUT2D eigenvalue weighted by Gasteiger charge is 2.48. The second kappa shape index (κ2) is 6.33.